The molecule has 0 aromatic heterocycles. The van der Waals surface area contributed by atoms with Gasteiger partial charge in [0.15, 0.2) is 0 Å². The molecule has 0 aliphatic carbocycles. The molecule has 0 atom stereocenters. The molecular weight excluding hydrogens is 420 g/mol. The van der Waals surface area contributed by atoms with Gasteiger partial charge in [0.2, 0.25) is 10.0 Å². The molecule has 3 N–H and O–H groups in total. The fourth-order valence-corrected chi connectivity index (χ4v) is 4.82. The maximum absolute atomic E-state index is 12.6. The van der Waals surface area contributed by atoms with Gasteiger partial charge in [-0.15, -0.1) is 0 Å². The summed E-state index contributed by atoms with van der Waals surface area (Å²) in [5.41, 5.74) is 7.90. The summed E-state index contributed by atoms with van der Waals surface area (Å²) in [7, 11) is -2.36. The second-order valence-corrected chi connectivity index (χ2v) is 9.27. The minimum atomic E-state index is -3.68. The van der Waals surface area contributed by atoms with E-state index >= 15 is 0 Å². The SMILES string of the molecule is COC(=O)c1ccccc1Sc1ccc(S(=O)(=O)NCCc2ccccc2)cc1N. The number of ether oxygens (including phenoxy) is 1. The van der Waals surface area contributed by atoms with Gasteiger partial charge < -0.3 is 10.5 Å². The van der Waals surface area contributed by atoms with Gasteiger partial charge in [-0.2, -0.15) is 0 Å². The molecule has 0 heterocycles. The quantitative estimate of drug-likeness (QED) is 0.407. The second-order valence-electron chi connectivity index (χ2n) is 6.42. The third kappa shape index (κ3) is 5.41. The van der Waals surface area contributed by atoms with Gasteiger partial charge in [-0.25, -0.2) is 17.9 Å². The normalized spacial score (nSPS) is 11.2. The zero-order chi connectivity index (χ0) is 21.6. The van der Waals surface area contributed by atoms with Gasteiger partial charge in [-0.3, -0.25) is 0 Å². The van der Waals surface area contributed by atoms with Crippen LogP contribution in [0.5, 0.6) is 0 Å². The number of anilines is 1. The lowest BCUT2D eigenvalue weighted by atomic mass is 10.2. The molecule has 0 fully saturated rings. The molecule has 0 aliphatic rings. The van der Waals surface area contributed by atoms with Crippen LogP contribution in [0.4, 0.5) is 5.69 Å². The molecule has 8 heteroatoms. The first kappa shape index (κ1) is 21.9. The molecule has 0 radical (unpaired) electrons. The number of rotatable bonds is 8. The number of hydrogen-bond donors (Lipinski definition) is 2. The summed E-state index contributed by atoms with van der Waals surface area (Å²) in [5.74, 6) is -0.446. The zero-order valence-electron chi connectivity index (χ0n) is 16.4. The molecule has 3 rings (SSSR count). The summed E-state index contributed by atoms with van der Waals surface area (Å²) in [4.78, 5) is 13.4. The van der Waals surface area contributed by atoms with Gasteiger partial charge in [-0.05, 0) is 42.3 Å². The number of hydrogen-bond acceptors (Lipinski definition) is 6. The fourth-order valence-electron chi connectivity index (χ4n) is 2.80. The van der Waals surface area contributed by atoms with E-state index in [1.165, 1.54) is 31.0 Å². The molecule has 0 bridgehead atoms. The summed E-state index contributed by atoms with van der Waals surface area (Å²) < 4.78 is 32.6. The van der Waals surface area contributed by atoms with E-state index in [1.54, 1.807) is 30.3 Å². The maximum Gasteiger partial charge on any atom is 0.339 e. The van der Waals surface area contributed by atoms with E-state index in [9.17, 15) is 13.2 Å². The zero-order valence-corrected chi connectivity index (χ0v) is 18.0. The van der Waals surface area contributed by atoms with Crippen LogP contribution in [0.15, 0.2) is 87.5 Å². The van der Waals surface area contributed by atoms with Crippen LogP contribution < -0.4 is 10.5 Å². The van der Waals surface area contributed by atoms with Crippen molar-refractivity contribution in [3.63, 3.8) is 0 Å². The lowest BCUT2D eigenvalue weighted by Gasteiger charge is -2.12. The molecule has 3 aromatic carbocycles. The van der Waals surface area contributed by atoms with Crippen LogP contribution in [-0.4, -0.2) is 28.0 Å². The number of esters is 1. The molecule has 0 spiro atoms. The highest BCUT2D eigenvalue weighted by atomic mass is 32.2. The number of methoxy groups -OCH3 is 1. The van der Waals surface area contributed by atoms with Crippen LogP contribution in [0.1, 0.15) is 15.9 Å². The number of benzene rings is 3. The van der Waals surface area contributed by atoms with Crippen molar-refractivity contribution in [3.8, 4) is 0 Å². The summed E-state index contributed by atoms with van der Waals surface area (Å²) in [5, 5.41) is 0. The Labute approximate surface area is 180 Å². The first-order chi connectivity index (χ1) is 14.4. The van der Waals surface area contributed by atoms with Crippen LogP contribution in [0.25, 0.3) is 0 Å². The maximum atomic E-state index is 12.6. The predicted molar refractivity (Wildman–Crippen MR) is 118 cm³/mol. The van der Waals surface area contributed by atoms with Crippen LogP contribution in [0, 0.1) is 0 Å². The Kier molecular flexibility index (Phi) is 7.15. The number of carbonyl (C=O) groups excluding carboxylic acids is 1. The second kappa shape index (κ2) is 9.80. The summed E-state index contributed by atoms with van der Waals surface area (Å²) in [6, 6.07) is 21.2. The Morgan fingerprint density at radius 3 is 2.40 bits per heavy atom. The lowest BCUT2D eigenvalue weighted by Crippen LogP contribution is -2.26. The Bertz CT molecular complexity index is 1130. The van der Waals surface area contributed by atoms with Crippen LogP contribution in [0.2, 0.25) is 0 Å². The van der Waals surface area contributed by atoms with Crippen molar-refractivity contribution in [2.24, 2.45) is 0 Å². The van der Waals surface area contributed by atoms with Crippen molar-refractivity contribution in [1.29, 1.82) is 0 Å². The van der Waals surface area contributed by atoms with Crippen molar-refractivity contribution in [2.75, 3.05) is 19.4 Å². The van der Waals surface area contributed by atoms with Crippen molar-refractivity contribution in [3.05, 3.63) is 83.9 Å². The Hall–Kier alpha value is -2.81. The van der Waals surface area contributed by atoms with E-state index < -0.39 is 16.0 Å². The summed E-state index contributed by atoms with van der Waals surface area (Å²) in [6.07, 6.45) is 0.591. The molecule has 30 heavy (non-hydrogen) atoms. The minimum Gasteiger partial charge on any atom is -0.465 e. The first-order valence-corrected chi connectivity index (χ1v) is 11.5. The van der Waals surface area contributed by atoms with E-state index in [1.807, 2.05) is 30.3 Å². The fraction of sp³-hybridized carbons (Fsp3) is 0.136. The number of carbonyl (C=O) groups is 1. The monoisotopic (exact) mass is 442 g/mol. The van der Waals surface area contributed by atoms with Gasteiger partial charge in [0.1, 0.15) is 0 Å². The highest BCUT2D eigenvalue weighted by Crippen LogP contribution is 2.35. The van der Waals surface area contributed by atoms with E-state index in [2.05, 4.69) is 4.72 Å². The minimum absolute atomic E-state index is 0.0960. The van der Waals surface area contributed by atoms with Crippen molar-refractivity contribution < 1.29 is 17.9 Å². The summed E-state index contributed by atoms with van der Waals surface area (Å²) in [6.45, 7) is 0.287. The van der Waals surface area contributed by atoms with Gasteiger partial charge in [0.05, 0.1) is 17.6 Å². The standard InChI is InChI=1S/C22H22N2O4S2/c1-28-22(25)18-9-5-6-10-20(18)29-21-12-11-17(15-19(21)23)30(26,27)24-14-13-16-7-3-2-4-8-16/h2-12,15,24H,13-14,23H2,1H3. The number of sulfonamides is 1. The van der Waals surface area contributed by atoms with Crippen LogP contribution in [0.3, 0.4) is 0 Å². The first-order valence-electron chi connectivity index (χ1n) is 9.19. The Morgan fingerprint density at radius 2 is 1.70 bits per heavy atom. The van der Waals surface area contributed by atoms with Crippen molar-refractivity contribution in [2.45, 2.75) is 21.1 Å². The molecule has 0 saturated heterocycles. The van der Waals surface area contributed by atoms with E-state index in [4.69, 9.17) is 10.5 Å². The largest absolute Gasteiger partial charge is 0.465 e. The molecule has 3 aromatic rings. The Morgan fingerprint density at radius 1 is 1.00 bits per heavy atom. The predicted octanol–water partition coefficient (Wildman–Crippen LogP) is 3.73. The molecule has 0 saturated carbocycles. The van der Waals surface area contributed by atoms with E-state index in [-0.39, 0.29) is 11.4 Å². The van der Waals surface area contributed by atoms with Gasteiger partial charge in [0.25, 0.3) is 0 Å². The number of nitrogens with two attached hydrogens (primary N) is 1. The topological polar surface area (TPSA) is 98.5 Å². The third-order valence-corrected chi connectivity index (χ3v) is 6.98. The van der Waals surface area contributed by atoms with Gasteiger partial charge in [-0.1, -0.05) is 54.2 Å². The van der Waals surface area contributed by atoms with Crippen molar-refractivity contribution in [1.82, 2.24) is 4.72 Å². The van der Waals surface area contributed by atoms with Crippen LogP contribution in [-0.2, 0) is 21.2 Å². The average Bonchev–Trinajstić information content (AvgIpc) is 2.75. The van der Waals surface area contributed by atoms with E-state index in [0.29, 0.717) is 27.5 Å². The van der Waals surface area contributed by atoms with Gasteiger partial charge >= 0.3 is 5.97 Å². The van der Waals surface area contributed by atoms with Crippen LogP contribution >= 0.6 is 11.8 Å². The smallest absolute Gasteiger partial charge is 0.339 e. The highest BCUT2D eigenvalue weighted by Gasteiger charge is 2.17. The van der Waals surface area contributed by atoms with Gasteiger partial charge in [0, 0.05) is 22.0 Å². The molecule has 156 valence electrons. The molecule has 6 nitrogen and oxygen atoms in total. The number of nitrogen functional groups attached to an aromatic ring is 1. The molecular formula is C22H22N2O4S2. The van der Waals surface area contributed by atoms with Crippen molar-refractivity contribution >= 4 is 33.4 Å². The molecule has 0 unspecified atom stereocenters. The lowest BCUT2D eigenvalue weighted by molar-refractivity contribution is 0.0597. The highest BCUT2D eigenvalue weighted by molar-refractivity contribution is 7.99. The molecule has 0 aliphatic heterocycles. The molecule has 0 amide bonds. The number of nitrogens with one attached hydrogen (secondary N) is 1. The van der Waals surface area contributed by atoms with E-state index in [0.717, 1.165) is 5.56 Å². The third-order valence-electron chi connectivity index (χ3n) is 4.35. The Balaban J connectivity index is 1.73. The average molecular weight is 443 g/mol. The summed E-state index contributed by atoms with van der Waals surface area (Å²) >= 11 is 1.28.